The Balaban J connectivity index is 1.77. The summed E-state index contributed by atoms with van der Waals surface area (Å²) >= 11 is 5.67. The zero-order valence-electron chi connectivity index (χ0n) is 11.3. The van der Waals surface area contributed by atoms with Crippen LogP contribution in [0.25, 0.3) is 0 Å². The number of piperidine rings is 1. The molecule has 1 aromatic rings. The van der Waals surface area contributed by atoms with Crippen LogP contribution in [-0.2, 0) is 0 Å². The van der Waals surface area contributed by atoms with Crippen molar-refractivity contribution in [1.29, 1.82) is 0 Å². The zero-order chi connectivity index (χ0) is 13.7. The lowest BCUT2D eigenvalue weighted by molar-refractivity contribution is 0.204. The first kappa shape index (κ1) is 14.5. The van der Waals surface area contributed by atoms with Gasteiger partial charge in [-0.05, 0) is 37.9 Å². The third-order valence-electron chi connectivity index (χ3n) is 3.44. The summed E-state index contributed by atoms with van der Waals surface area (Å²) in [5, 5.41) is 3.38. The smallest absolute Gasteiger partial charge is 0.166 e. The maximum absolute atomic E-state index is 13.5. The van der Waals surface area contributed by atoms with E-state index in [2.05, 4.69) is 22.1 Å². The van der Waals surface area contributed by atoms with Crippen LogP contribution in [0.4, 0.5) is 10.2 Å². The maximum Gasteiger partial charge on any atom is 0.166 e. The van der Waals surface area contributed by atoms with Gasteiger partial charge in [0.2, 0.25) is 0 Å². The average Bonchev–Trinajstić information content (AvgIpc) is 2.39. The van der Waals surface area contributed by atoms with E-state index < -0.39 is 5.82 Å². The van der Waals surface area contributed by atoms with Gasteiger partial charge >= 0.3 is 0 Å². The van der Waals surface area contributed by atoms with Crippen molar-refractivity contribution in [2.75, 3.05) is 31.5 Å². The molecule has 0 aliphatic carbocycles. The highest BCUT2D eigenvalue weighted by atomic mass is 35.5. The van der Waals surface area contributed by atoms with Crippen LogP contribution in [0.1, 0.15) is 26.2 Å². The molecule has 5 heteroatoms. The summed E-state index contributed by atoms with van der Waals surface area (Å²) in [6.45, 7) is 6.34. The first-order chi connectivity index (χ1) is 9.15. The normalized spacial score (nSPS) is 18.3. The van der Waals surface area contributed by atoms with Gasteiger partial charge in [0.25, 0.3) is 0 Å². The maximum atomic E-state index is 13.5. The van der Waals surface area contributed by atoms with E-state index in [-0.39, 0.29) is 5.82 Å². The van der Waals surface area contributed by atoms with E-state index in [4.69, 9.17) is 11.6 Å². The van der Waals surface area contributed by atoms with Crippen LogP contribution in [0.2, 0.25) is 5.02 Å². The number of nitrogens with one attached hydrogen (secondary N) is 1. The van der Waals surface area contributed by atoms with Crippen LogP contribution in [0.5, 0.6) is 0 Å². The molecular formula is C14H21ClFN3. The van der Waals surface area contributed by atoms with Gasteiger partial charge in [0.05, 0.1) is 5.02 Å². The largest absolute Gasteiger partial charge is 0.367 e. The van der Waals surface area contributed by atoms with Crippen molar-refractivity contribution in [3.63, 3.8) is 0 Å². The summed E-state index contributed by atoms with van der Waals surface area (Å²) in [6.07, 6.45) is 5.41. The van der Waals surface area contributed by atoms with Crippen molar-refractivity contribution in [2.24, 2.45) is 5.92 Å². The van der Waals surface area contributed by atoms with E-state index in [1.54, 1.807) is 0 Å². The van der Waals surface area contributed by atoms with Crippen molar-refractivity contribution >= 4 is 17.4 Å². The fourth-order valence-electron chi connectivity index (χ4n) is 2.46. The van der Waals surface area contributed by atoms with Gasteiger partial charge in [0, 0.05) is 19.3 Å². The van der Waals surface area contributed by atoms with Crippen LogP contribution < -0.4 is 5.32 Å². The molecule has 2 heterocycles. The average molecular weight is 286 g/mol. The third kappa shape index (κ3) is 4.62. The van der Waals surface area contributed by atoms with Gasteiger partial charge in [-0.2, -0.15) is 0 Å². The first-order valence-electron chi connectivity index (χ1n) is 6.92. The Labute approximate surface area is 119 Å². The minimum atomic E-state index is -0.391. The zero-order valence-corrected chi connectivity index (χ0v) is 12.1. The summed E-state index contributed by atoms with van der Waals surface area (Å²) in [4.78, 5) is 6.45. The van der Waals surface area contributed by atoms with Crippen LogP contribution in [0.15, 0.2) is 12.3 Å². The molecule has 1 N–H and O–H groups in total. The Bertz CT molecular complexity index is 408. The molecular weight excluding hydrogens is 265 g/mol. The molecule has 0 aromatic carbocycles. The molecule has 1 aromatic heterocycles. The summed E-state index contributed by atoms with van der Waals surface area (Å²) < 4.78 is 13.5. The molecule has 1 unspecified atom stereocenters. The van der Waals surface area contributed by atoms with Crippen molar-refractivity contribution in [2.45, 2.75) is 26.2 Å². The second-order valence-electron chi connectivity index (χ2n) is 5.33. The van der Waals surface area contributed by atoms with Gasteiger partial charge in [-0.25, -0.2) is 9.37 Å². The van der Waals surface area contributed by atoms with E-state index in [0.717, 1.165) is 13.1 Å². The SMILES string of the molecule is CC(CNc1ncc(Cl)cc1F)CN1CCCCC1. The Kier molecular flexibility index (Phi) is 5.40. The van der Waals surface area contributed by atoms with E-state index in [1.165, 1.54) is 44.6 Å². The molecule has 0 bridgehead atoms. The van der Waals surface area contributed by atoms with E-state index in [9.17, 15) is 4.39 Å². The lowest BCUT2D eigenvalue weighted by Gasteiger charge is -2.29. The second kappa shape index (κ2) is 7.06. The molecule has 1 saturated heterocycles. The summed E-state index contributed by atoms with van der Waals surface area (Å²) in [7, 11) is 0. The molecule has 1 fully saturated rings. The minimum absolute atomic E-state index is 0.287. The molecule has 0 radical (unpaired) electrons. The topological polar surface area (TPSA) is 28.2 Å². The number of likely N-dealkylation sites (tertiary alicyclic amines) is 1. The molecule has 3 nitrogen and oxygen atoms in total. The van der Waals surface area contributed by atoms with Gasteiger partial charge in [0.1, 0.15) is 0 Å². The molecule has 1 atom stereocenters. The predicted octanol–water partition coefficient (Wildman–Crippen LogP) is 3.41. The molecule has 0 spiro atoms. The van der Waals surface area contributed by atoms with Crippen molar-refractivity contribution in [1.82, 2.24) is 9.88 Å². The number of halogens is 2. The highest BCUT2D eigenvalue weighted by Gasteiger charge is 2.14. The fraction of sp³-hybridized carbons (Fsp3) is 0.643. The number of hydrogen-bond acceptors (Lipinski definition) is 3. The number of pyridine rings is 1. The van der Waals surface area contributed by atoms with Crippen LogP contribution in [-0.4, -0.2) is 36.1 Å². The predicted molar refractivity (Wildman–Crippen MR) is 77.1 cm³/mol. The number of anilines is 1. The second-order valence-corrected chi connectivity index (χ2v) is 5.77. The van der Waals surface area contributed by atoms with Gasteiger partial charge < -0.3 is 10.2 Å². The summed E-state index contributed by atoms with van der Waals surface area (Å²) in [5.74, 6) is 0.363. The first-order valence-corrected chi connectivity index (χ1v) is 7.30. The summed E-state index contributed by atoms with van der Waals surface area (Å²) in [6, 6.07) is 1.28. The van der Waals surface area contributed by atoms with Gasteiger partial charge in [-0.15, -0.1) is 0 Å². The van der Waals surface area contributed by atoms with Crippen LogP contribution in [0, 0.1) is 11.7 Å². The van der Waals surface area contributed by atoms with Crippen molar-refractivity contribution in [3.8, 4) is 0 Å². The van der Waals surface area contributed by atoms with Gasteiger partial charge in [-0.3, -0.25) is 0 Å². The number of nitrogens with zero attached hydrogens (tertiary/aromatic N) is 2. The third-order valence-corrected chi connectivity index (χ3v) is 3.65. The fourth-order valence-corrected chi connectivity index (χ4v) is 2.61. The lowest BCUT2D eigenvalue weighted by atomic mass is 10.1. The monoisotopic (exact) mass is 285 g/mol. The van der Waals surface area contributed by atoms with Crippen molar-refractivity contribution < 1.29 is 4.39 Å². The van der Waals surface area contributed by atoms with E-state index in [0.29, 0.717) is 10.9 Å². The molecule has 2 rings (SSSR count). The Morgan fingerprint density at radius 2 is 2.16 bits per heavy atom. The molecule has 1 aliphatic heterocycles. The number of aromatic nitrogens is 1. The highest BCUT2D eigenvalue weighted by Crippen LogP contribution is 2.16. The van der Waals surface area contributed by atoms with Gasteiger partial charge in [0.15, 0.2) is 11.6 Å². The Hall–Kier alpha value is -0.870. The van der Waals surface area contributed by atoms with E-state index >= 15 is 0 Å². The molecule has 1 aliphatic rings. The molecule has 19 heavy (non-hydrogen) atoms. The molecule has 106 valence electrons. The Morgan fingerprint density at radius 1 is 1.42 bits per heavy atom. The van der Waals surface area contributed by atoms with E-state index in [1.807, 2.05) is 0 Å². The molecule has 0 saturated carbocycles. The van der Waals surface area contributed by atoms with Crippen LogP contribution in [0.3, 0.4) is 0 Å². The molecule has 0 amide bonds. The number of rotatable bonds is 5. The van der Waals surface area contributed by atoms with Crippen LogP contribution >= 0.6 is 11.6 Å². The highest BCUT2D eigenvalue weighted by molar-refractivity contribution is 6.30. The van der Waals surface area contributed by atoms with Crippen molar-refractivity contribution in [3.05, 3.63) is 23.1 Å². The minimum Gasteiger partial charge on any atom is -0.367 e. The standard InChI is InChI=1S/C14H21ClFN3/c1-11(10-19-5-3-2-4-6-19)8-17-14-13(16)7-12(15)9-18-14/h7,9,11H,2-6,8,10H2,1H3,(H,17,18). The number of hydrogen-bond donors (Lipinski definition) is 1. The lowest BCUT2D eigenvalue weighted by Crippen LogP contribution is -2.35. The summed E-state index contributed by atoms with van der Waals surface area (Å²) in [5.41, 5.74) is 0. The van der Waals surface area contributed by atoms with Gasteiger partial charge in [-0.1, -0.05) is 24.9 Å². The Morgan fingerprint density at radius 3 is 2.84 bits per heavy atom. The quantitative estimate of drug-likeness (QED) is 0.899.